The molecule has 2 aliphatic rings. The van der Waals surface area contributed by atoms with E-state index in [1.54, 1.807) is 6.20 Å². The molecular formula is C15H20N6O2. The van der Waals surface area contributed by atoms with Crippen LogP contribution in [-0.4, -0.2) is 54.8 Å². The van der Waals surface area contributed by atoms with Crippen molar-refractivity contribution >= 4 is 5.91 Å². The zero-order valence-corrected chi connectivity index (χ0v) is 13.1. The van der Waals surface area contributed by atoms with Gasteiger partial charge in [0, 0.05) is 32.3 Å². The summed E-state index contributed by atoms with van der Waals surface area (Å²) in [6.07, 6.45) is 6.93. The highest BCUT2D eigenvalue weighted by atomic mass is 16.5. The summed E-state index contributed by atoms with van der Waals surface area (Å²) in [5.74, 6) is 0.156. The van der Waals surface area contributed by atoms with Gasteiger partial charge in [-0.1, -0.05) is 5.21 Å². The topological polar surface area (TPSA) is 78.1 Å². The van der Waals surface area contributed by atoms with Crippen LogP contribution in [0.15, 0.2) is 18.6 Å². The van der Waals surface area contributed by atoms with Gasteiger partial charge in [-0.2, -0.15) is 5.10 Å². The molecule has 4 heterocycles. The average Bonchev–Trinajstić information content (AvgIpc) is 3.20. The lowest BCUT2D eigenvalue weighted by Gasteiger charge is -2.41. The molecule has 0 bridgehead atoms. The van der Waals surface area contributed by atoms with Crippen LogP contribution in [0.4, 0.5) is 0 Å². The molecule has 0 spiro atoms. The van der Waals surface area contributed by atoms with E-state index in [1.165, 1.54) is 0 Å². The third kappa shape index (κ3) is 2.74. The Labute approximate surface area is 134 Å². The molecule has 1 amide bonds. The zero-order chi connectivity index (χ0) is 15.8. The van der Waals surface area contributed by atoms with Crippen LogP contribution < -0.4 is 0 Å². The van der Waals surface area contributed by atoms with Gasteiger partial charge in [0.2, 0.25) is 5.91 Å². The van der Waals surface area contributed by atoms with E-state index in [-0.39, 0.29) is 18.1 Å². The number of hydrogen-bond donors (Lipinski definition) is 0. The largest absolute Gasteiger partial charge is 0.370 e. The zero-order valence-electron chi connectivity index (χ0n) is 13.1. The number of aromatic nitrogens is 5. The molecule has 0 aromatic carbocycles. The SMILES string of the molecule is Cc1cnn(CCC(=O)N2CC[C@H]3OCc4cnnn4[C@@H]3C2)c1. The number of carbonyl (C=O) groups excluding carboxylic acids is 1. The van der Waals surface area contributed by atoms with E-state index in [1.807, 2.05) is 33.6 Å². The molecule has 1 fully saturated rings. The summed E-state index contributed by atoms with van der Waals surface area (Å²) >= 11 is 0. The van der Waals surface area contributed by atoms with Crippen LogP contribution in [0.5, 0.6) is 0 Å². The van der Waals surface area contributed by atoms with Gasteiger partial charge >= 0.3 is 0 Å². The smallest absolute Gasteiger partial charge is 0.224 e. The minimum atomic E-state index is 0.0749. The summed E-state index contributed by atoms with van der Waals surface area (Å²) in [7, 11) is 0. The summed E-state index contributed by atoms with van der Waals surface area (Å²) in [6.45, 7) is 4.54. The summed E-state index contributed by atoms with van der Waals surface area (Å²) in [4.78, 5) is 14.4. The van der Waals surface area contributed by atoms with Crippen molar-refractivity contribution in [1.82, 2.24) is 29.7 Å². The van der Waals surface area contributed by atoms with Crippen molar-refractivity contribution in [3.8, 4) is 0 Å². The number of aryl methyl sites for hydroxylation is 2. The molecule has 8 nitrogen and oxygen atoms in total. The maximum absolute atomic E-state index is 12.5. The quantitative estimate of drug-likeness (QED) is 0.826. The van der Waals surface area contributed by atoms with Gasteiger partial charge in [-0.25, -0.2) is 4.68 Å². The van der Waals surface area contributed by atoms with Crippen LogP contribution in [-0.2, 0) is 22.7 Å². The first-order chi connectivity index (χ1) is 11.2. The monoisotopic (exact) mass is 316 g/mol. The highest BCUT2D eigenvalue weighted by molar-refractivity contribution is 5.76. The minimum absolute atomic E-state index is 0.0749. The number of hydrogen-bond acceptors (Lipinski definition) is 5. The van der Waals surface area contributed by atoms with Crippen molar-refractivity contribution in [3.63, 3.8) is 0 Å². The van der Waals surface area contributed by atoms with E-state index in [9.17, 15) is 4.79 Å². The van der Waals surface area contributed by atoms with Gasteiger partial charge in [-0.3, -0.25) is 9.48 Å². The lowest BCUT2D eigenvalue weighted by atomic mass is 10.00. The molecule has 2 aliphatic heterocycles. The fourth-order valence-corrected chi connectivity index (χ4v) is 3.36. The van der Waals surface area contributed by atoms with Gasteiger partial charge in [0.05, 0.1) is 36.8 Å². The molecule has 0 radical (unpaired) electrons. The van der Waals surface area contributed by atoms with Gasteiger partial charge in [-0.05, 0) is 18.9 Å². The summed E-state index contributed by atoms with van der Waals surface area (Å²) in [5.41, 5.74) is 2.09. The van der Waals surface area contributed by atoms with Crippen LogP contribution in [0.25, 0.3) is 0 Å². The Morgan fingerprint density at radius 2 is 2.35 bits per heavy atom. The number of piperidine rings is 1. The van der Waals surface area contributed by atoms with Gasteiger partial charge in [0.15, 0.2) is 0 Å². The summed E-state index contributed by atoms with van der Waals surface area (Å²) in [6, 6.07) is 0.0749. The van der Waals surface area contributed by atoms with Crippen LogP contribution in [0.3, 0.4) is 0 Å². The first kappa shape index (κ1) is 14.4. The average molecular weight is 316 g/mol. The second-order valence-corrected chi connectivity index (χ2v) is 6.25. The predicted octanol–water partition coefficient (Wildman–Crippen LogP) is 0.546. The number of likely N-dealkylation sites (tertiary alicyclic amines) is 1. The van der Waals surface area contributed by atoms with Crippen LogP contribution in [0.2, 0.25) is 0 Å². The Balaban J connectivity index is 1.40. The normalized spacial score (nSPS) is 23.4. The minimum Gasteiger partial charge on any atom is -0.370 e. The third-order valence-corrected chi connectivity index (χ3v) is 4.60. The Hall–Kier alpha value is -2.22. The molecule has 2 atom stereocenters. The molecule has 122 valence electrons. The van der Waals surface area contributed by atoms with E-state index in [4.69, 9.17) is 4.74 Å². The Bertz CT molecular complexity index is 708. The number of rotatable bonds is 3. The van der Waals surface area contributed by atoms with Crippen LogP contribution in [0.1, 0.15) is 30.1 Å². The maximum Gasteiger partial charge on any atom is 0.224 e. The molecule has 0 unspecified atom stereocenters. The maximum atomic E-state index is 12.5. The Kier molecular flexibility index (Phi) is 3.60. The van der Waals surface area contributed by atoms with E-state index in [0.717, 1.165) is 24.2 Å². The molecule has 8 heteroatoms. The van der Waals surface area contributed by atoms with Gasteiger partial charge < -0.3 is 9.64 Å². The van der Waals surface area contributed by atoms with E-state index in [2.05, 4.69) is 15.4 Å². The first-order valence-electron chi connectivity index (χ1n) is 7.98. The second-order valence-electron chi connectivity index (χ2n) is 6.25. The van der Waals surface area contributed by atoms with Crippen molar-refractivity contribution in [1.29, 1.82) is 0 Å². The van der Waals surface area contributed by atoms with Gasteiger partial charge in [0.1, 0.15) is 0 Å². The van der Waals surface area contributed by atoms with Crippen LogP contribution in [0, 0.1) is 6.92 Å². The van der Waals surface area contributed by atoms with Crippen LogP contribution >= 0.6 is 0 Å². The van der Waals surface area contributed by atoms with E-state index < -0.39 is 0 Å². The standard InChI is InChI=1S/C15H20N6O2/c1-11-6-17-20(8-11)5-3-15(22)19-4-2-14-13(9-19)21-12(10-23-14)7-16-18-21/h6-8,13-14H,2-5,9-10H2,1H3/t13-,14-/m1/s1. The van der Waals surface area contributed by atoms with Crippen molar-refractivity contribution in [2.75, 3.05) is 13.1 Å². The summed E-state index contributed by atoms with van der Waals surface area (Å²) in [5, 5.41) is 12.4. The highest BCUT2D eigenvalue weighted by Gasteiger charge is 2.37. The molecule has 23 heavy (non-hydrogen) atoms. The number of amides is 1. The molecule has 0 aliphatic carbocycles. The molecule has 0 saturated carbocycles. The van der Waals surface area contributed by atoms with Crippen molar-refractivity contribution in [2.45, 2.75) is 45.1 Å². The second kappa shape index (κ2) is 5.77. The number of ether oxygens (including phenoxy) is 1. The Morgan fingerprint density at radius 3 is 3.17 bits per heavy atom. The van der Waals surface area contributed by atoms with Gasteiger partial charge in [0.25, 0.3) is 0 Å². The highest BCUT2D eigenvalue weighted by Crippen LogP contribution is 2.30. The first-order valence-corrected chi connectivity index (χ1v) is 7.98. The van der Waals surface area contributed by atoms with Crippen molar-refractivity contribution in [2.24, 2.45) is 0 Å². The molecule has 2 aromatic heterocycles. The molecule has 0 N–H and O–H groups in total. The number of fused-ring (bicyclic) bond motifs is 3. The number of carbonyl (C=O) groups is 1. The number of nitrogens with zero attached hydrogens (tertiary/aromatic N) is 6. The van der Waals surface area contributed by atoms with E-state index in [0.29, 0.717) is 26.1 Å². The lowest BCUT2D eigenvalue weighted by molar-refractivity contribution is -0.138. The molecule has 2 aromatic rings. The van der Waals surface area contributed by atoms with Crippen molar-refractivity contribution < 1.29 is 9.53 Å². The van der Waals surface area contributed by atoms with Crippen molar-refractivity contribution in [3.05, 3.63) is 29.8 Å². The fraction of sp³-hybridized carbons (Fsp3) is 0.600. The molecule has 1 saturated heterocycles. The lowest BCUT2D eigenvalue weighted by Crippen LogP contribution is -2.50. The molecule has 4 rings (SSSR count). The van der Waals surface area contributed by atoms with E-state index >= 15 is 0 Å². The fourth-order valence-electron chi connectivity index (χ4n) is 3.36. The molecular weight excluding hydrogens is 296 g/mol. The predicted molar refractivity (Wildman–Crippen MR) is 80.4 cm³/mol. The summed E-state index contributed by atoms with van der Waals surface area (Å²) < 4.78 is 9.61. The Morgan fingerprint density at radius 1 is 1.43 bits per heavy atom. The third-order valence-electron chi connectivity index (χ3n) is 4.60. The van der Waals surface area contributed by atoms with Gasteiger partial charge in [-0.15, -0.1) is 5.10 Å².